The summed E-state index contributed by atoms with van der Waals surface area (Å²) < 4.78 is 58.0. The summed E-state index contributed by atoms with van der Waals surface area (Å²) in [4.78, 5) is 2.48. The van der Waals surface area contributed by atoms with Gasteiger partial charge in [0, 0.05) is 6.54 Å². The summed E-state index contributed by atoms with van der Waals surface area (Å²) in [5.41, 5.74) is -0.251. The van der Waals surface area contributed by atoms with Crippen LogP contribution in [0.25, 0.3) is 0 Å². The molecular weight excluding hydrogens is 288 g/mol. The highest BCUT2D eigenvalue weighted by Crippen LogP contribution is 2.23. The van der Waals surface area contributed by atoms with Crippen molar-refractivity contribution in [3.05, 3.63) is 53.4 Å². The molecule has 0 unspecified atom stereocenters. The van der Waals surface area contributed by atoms with E-state index in [2.05, 4.69) is 10.3 Å². The highest BCUT2D eigenvalue weighted by atomic mass is 19.2. The molecule has 112 valence electrons. The van der Waals surface area contributed by atoms with Crippen LogP contribution in [0.1, 0.15) is 12.5 Å². The van der Waals surface area contributed by atoms with Crippen molar-refractivity contribution >= 4 is 5.69 Å². The normalized spacial score (nSPS) is 10.5. The molecule has 0 radical (unpaired) electrons. The summed E-state index contributed by atoms with van der Waals surface area (Å²) in [6, 6.07) is 6.75. The molecule has 7 heteroatoms. The molecule has 0 saturated carbocycles. The van der Waals surface area contributed by atoms with Crippen molar-refractivity contribution in [2.24, 2.45) is 0 Å². The molecule has 2 aromatic rings. The van der Waals surface area contributed by atoms with E-state index in [1.54, 1.807) is 24.3 Å². The van der Waals surface area contributed by atoms with E-state index in [0.717, 1.165) is 0 Å². The lowest BCUT2D eigenvalue weighted by Crippen LogP contribution is -2.09. The zero-order chi connectivity index (χ0) is 15.4. The smallest absolute Gasteiger partial charge is 0.253 e. The topological polar surface area (TPSA) is 34.1 Å². The van der Waals surface area contributed by atoms with Gasteiger partial charge in [0.1, 0.15) is 11.4 Å². The molecule has 0 aliphatic rings. The van der Waals surface area contributed by atoms with Gasteiger partial charge in [-0.25, -0.2) is 0 Å². The number of anilines is 1. The van der Waals surface area contributed by atoms with E-state index in [-0.39, 0.29) is 6.54 Å². The molecule has 0 saturated heterocycles. The minimum absolute atomic E-state index is 0.0301. The van der Waals surface area contributed by atoms with Gasteiger partial charge in [0.05, 0.1) is 6.61 Å². The fraction of sp³-hybridized carbons (Fsp3) is 0.214. The van der Waals surface area contributed by atoms with Gasteiger partial charge in [-0.15, -0.1) is 0 Å². The van der Waals surface area contributed by atoms with Gasteiger partial charge < -0.3 is 10.1 Å². The Balaban J connectivity index is 2.18. The monoisotopic (exact) mass is 300 g/mol. The standard InChI is InChI=1S/C14H12F4N2O/c1-2-21-9-5-3-4-8(6-9)7-19-12-10(15)13(17)20-14(18)11(12)16/h3-6H,2,7H2,1H3,(H,19,20). The molecule has 0 aliphatic carbocycles. The Labute approximate surface area is 118 Å². The largest absolute Gasteiger partial charge is 0.494 e. The van der Waals surface area contributed by atoms with Crippen LogP contribution in [0.2, 0.25) is 0 Å². The Morgan fingerprint density at radius 2 is 1.76 bits per heavy atom. The van der Waals surface area contributed by atoms with Gasteiger partial charge in [0.15, 0.2) is 0 Å². The third-order valence-corrected chi connectivity index (χ3v) is 2.68. The van der Waals surface area contributed by atoms with Crippen LogP contribution in [0.4, 0.5) is 23.2 Å². The van der Waals surface area contributed by atoms with Gasteiger partial charge in [-0.1, -0.05) is 12.1 Å². The molecule has 0 fully saturated rings. The number of hydrogen-bond acceptors (Lipinski definition) is 3. The van der Waals surface area contributed by atoms with Crippen molar-refractivity contribution < 1.29 is 22.3 Å². The number of benzene rings is 1. The van der Waals surface area contributed by atoms with Crippen LogP contribution < -0.4 is 10.1 Å². The van der Waals surface area contributed by atoms with E-state index in [9.17, 15) is 17.6 Å². The molecule has 2 rings (SSSR count). The molecule has 0 amide bonds. The van der Waals surface area contributed by atoms with E-state index in [1.165, 1.54) is 0 Å². The number of pyridine rings is 1. The van der Waals surface area contributed by atoms with E-state index in [1.807, 2.05) is 6.92 Å². The summed E-state index contributed by atoms with van der Waals surface area (Å²) in [7, 11) is 0. The van der Waals surface area contributed by atoms with Crippen LogP contribution in [-0.2, 0) is 6.54 Å². The van der Waals surface area contributed by atoms with Crippen molar-refractivity contribution in [2.75, 3.05) is 11.9 Å². The van der Waals surface area contributed by atoms with Gasteiger partial charge in [-0.3, -0.25) is 0 Å². The second-order valence-corrected chi connectivity index (χ2v) is 4.13. The Bertz CT molecular complexity index is 623. The number of nitrogens with one attached hydrogen (secondary N) is 1. The SMILES string of the molecule is CCOc1cccc(CNc2c(F)c(F)nc(F)c2F)c1. The predicted molar refractivity (Wildman–Crippen MR) is 69.0 cm³/mol. The fourth-order valence-electron chi connectivity index (χ4n) is 1.74. The first-order valence-electron chi connectivity index (χ1n) is 6.18. The van der Waals surface area contributed by atoms with Crippen molar-refractivity contribution in [3.8, 4) is 5.75 Å². The summed E-state index contributed by atoms with van der Waals surface area (Å²) >= 11 is 0. The third-order valence-electron chi connectivity index (χ3n) is 2.68. The lowest BCUT2D eigenvalue weighted by atomic mass is 10.2. The second kappa shape index (κ2) is 6.43. The van der Waals surface area contributed by atoms with Gasteiger partial charge >= 0.3 is 0 Å². The summed E-state index contributed by atoms with van der Waals surface area (Å²) in [6.07, 6.45) is 0. The molecule has 3 nitrogen and oxygen atoms in total. The second-order valence-electron chi connectivity index (χ2n) is 4.13. The fourth-order valence-corrected chi connectivity index (χ4v) is 1.74. The maximum atomic E-state index is 13.4. The average molecular weight is 300 g/mol. The van der Waals surface area contributed by atoms with Crippen LogP contribution in [0.3, 0.4) is 0 Å². The number of hydrogen-bond donors (Lipinski definition) is 1. The van der Waals surface area contributed by atoms with E-state index in [4.69, 9.17) is 4.74 Å². The minimum atomic E-state index is -1.69. The molecule has 0 bridgehead atoms. The first-order chi connectivity index (χ1) is 10.0. The first kappa shape index (κ1) is 15.1. The number of nitrogens with zero attached hydrogens (tertiary/aromatic N) is 1. The Hall–Kier alpha value is -2.31. The molecule has 0 aliphatic heterocycles. The van der Waals surface area contributed by atoms with Crippen LogP contribution in [0.5, 0.6) is 5.75 Å². The number of rotatable bonds is 5. The van der Waals surface area contributed by atoms with E-state index >= 15 is 0 Å². The molecule has 1 aromatic heterocycles. The lowest BCUT2D eigenvalue weighted by molar-refractivity contribution is 0.340. The molecular formula is C14H12F4N2O. The highest BCUT2D eigenvalue weighted by Gasteiger charge is 2.20. The van der Waals surface area contributed by atoms with Crippen molar-refractivity contribution in [3.63, 3.8) is 0 Å². The summed E-state index contributed by atoms with van der Waals surface area (Å²) in [5.74, 6) is -5.92. The average Bonchev–Trinajstić information content (AvgIpc) is 2.46. The third kappa shape index (κ3) is 3.42. The maximum Gasteiger partial charge on any atom is 0.253 e. The van der Waals surface area contributed by atoms with E-state index < -0.39 is 29.2 Å². The number of halogens is 4. The molecule has 21 heavy (non-hydrogen) atoms. The van der Waals surface area contributed by atoms with Crippen molar-refractivity contribution in [1.82, 2.24) is 4.98 Å². The highest BCUT2D eigenvalue weighted by molar-refractivity contribution is 5.46. The van der Waals surface area contributed by atoms with Crippen LogP contribution in [0, 0.1) is 23.5 Å². The molecule has 0 spiro atoms. The maximum absolute atomic E-state index is 13.4. The van der Waals surface area contributed by atoms with Crippen molar-refractivity contribution in [2.45, 2.75) is 13.5 Å². The van der Waals surface area contributed by atoms with Gasteiger partial charge in [-0.05, 0) is 24.6 Å². The first-order valence-corrected chi connectivity index (χ1v) is 6.18. The van der Waals surface area contributed by atoms with Gasteiger partial charge in [-0.2, -0.15) is 22.5 Å². The summed E-state index contributed by atoms with van der Waals surface area (Å²) in [5, 5.41) is 2.32. The Morgan fingerprint density at radius 1 is 1.10 bits per heavy atom. The van der Waals surface area contributed by atoms with Gasteiger partial charge in [0.25, 0.3) is 11.9 Å². The van der Waals surface area contributed by atoms with Crippen LogP contribution in [-0.4, -0.2) is 11.6 Å². The quantitative estimate of drug-likeness (QED) is 0.676. The Morgan fingerprint density at radius 3 is 2.38 bits per heavy atom. The van der Waals surface area contributed by atoms with Crippen LogP contribution in [0.15, 0.2) is 24.3 Å². The molecule has 1 heterocycles. The molecule has 1 aromatic carbocycles. The number of aromatic nitrogens is 1. The molecule has 0 atom stereocenters. The number of ether oxygens (including phenoxy) is 1. The zero-order valence-corrected chi connectivity index (χ0v) is 11.1. The van der Waals surface area contributed by atoms with Crippen LogP contribution >= 0.6 is 0 Å². The van der Waals surface area contributed by atoms with Gasteiger partial charge in [0.2, 0.25) is 11.6 Å². The van der Waals surface area contributed by atoms with E-state index in [0.29, 0.717) is 17.9 Å². The molecule has 1 N–H and O–H groups in total. The summed E-state index contributed by atoms with van der Waals surface area (Å²) in [6.45, 7) is 2.26. The van der Waals surface area contributed by atoms with Crippen molar-refractivity contribution in [1.29, 1.82) is 0 Å². The lowest BCUT2D eigenvalue weighted by Gasteiger charge is -2.10. The predicted octanol–water partition coefficient (Wildman–Crippen LogP) is 3.65. The zero-order valence-electron chi connectivity index (χ0n) is 11.1. The minimum Gasteiger partial charge on any atom is -0.494 e. The Kier molecular flexibility index (Phi) is 4.62.